The van der Waals surface area contributed by atoms with Crippen molar-refractivity contribution in [2.75, 3.05) is 12.4 Å². The van der Waals surface area contributed by atoms with E-state index < -0.39 is 0 Å². The Hall–Kier alpha value is -3.35. The van der Waals surface area contributed by atoms with Gasteiger partial charge in [-0.1, -0.05) is 20.4 Å². The smallest absolute Gasteiger partial charge is 0.145 e. The Labute approximate surface area is 182 Å². The molecule has 0 saturated carbocycles. The summed E-state index contributed by atoms with van der Waals surface area (Å²) in [6, 6.07) is 6.62. The Morgan fingerprint density at radius 2 is 2.00 bits per heavy atom. The Morgan fingerprint density at radius 1 is 1.23 bits per heavy atom. The first-order chi connectivity index (χ1) is 14.8. The minimum absolute atomic E-state index is 0.143. The minimum Gasteiger partial charge on any atom is -0.494 e. The molecule has 7 heteroatoms. The molecule has 3 rings (SSSR count). The molecule has 2 atom stereocenters. The van der Waals surface area contributed by atoms with Gasteiger partial charge >= 0.3 is 0 Å². The second-order valence-electron chi connectivity index (χ2n) is 7.58. The number of rotatable bonds is 8. The number of methoxy groups -OCH3 is 1. The SMILES string of the molecule is C=C(N=C(C)C(C)CC)C(C)Nc1ncnc2c(OC)cc(-c3ccc(F)cn3)cc12. The number of halogens is 1. The molecule has 3 aromatic rings. The summed E-state index contributed by atoms with van der Waals surface area (Å²) < 4.78 is 18.9. The first kappa shape index (κ1) is 22.3. The standard InChI is InChI=1S/C24H28FN5O/c1-7-14(2)15(3)29-16(4)17(5)30-24-20-10-18(21-9-8-19(25)12-26-21)11-22(31-6)23(20)27-13-28-24/h8-14,17H,4,7H2,1-3,5-6H3,(H,27,28,30). The van der Waals surface area contributed by atoms with Crippen molar-refractivity contribution in [1.82, 2.24) is 15.0 Å². The third-order valence-corrected chi connectivity index (χ3v) is 5.45. The van der Waals surface area contributed by atoms with Crippen molar-refractivity contribution < 1.29 is 9.13 Å². The van der Waals surface area contributed by atoms with E-state index in [1.807, 2.05) is 26.0 Å². The molecule has 0 amide bonds. The van der Waals surface area contributed by atoms with Crippen molar-refractivity contribution in [2.24, 2.45) is 10.9 Å². The summed E-state index contributed by atoms with van der Waals surface area (Å²) in [6.07, 6.45) is 3.71. The summed E-state index contributed by atoms with van der Waals surface area (Å²) in [5.41, 5.74) is 3.86. The van der Waals surface area contributed by atoms with Crippen LogP contribution < -0.4 is 10.1 Å². The number of aliphatic imine (C=N–C) groups is 1. The van der Waals surface area contributed by atoms with Crippen LogP contribution in [0.15, 0.2) is 54.1 Å². The number of ether oxygens (including phenoxy) is 1. The lowest BCUT2D eigenvalue weighted by Gasteiger charge is -2.18. The average molecular weight is 422 g/mol. The van der Waals surface area contributed by atoms with Gasteiger partial charge in [0, 0.05) is 16.7 Å². The Balaban J connectivity index is 2.00. The average Bonchev–Trinajstić information content (AvgIpc) is 2.78. The maximum atomic E-state index is 13.3. The molecular formula is C24H28FN5O. The van der Waals surface area contributed by atoms with E-state index in [1.165, 1.54) is 18.6 Å². The highest BCUT2D eigenvalue weighted by atomic mass is 19.1. The first-order valence-electron chi connectivity index (χ1n) is 10.3. The predicted molar refractivity (Wildman–Crippen MR) is 124 cm³/mol. The maximum absolute atomic E-state index is 13.3. The van der Waals surface area contributed by atoms with E-state index in [1.54, 1.807) is 13.2 Å². The Bertz CT molecular complexity index is 1110. The molecular weight excluding hydrogens is 393 g/mol. The number of aromatic nitrogens is 3. The molecule has 2 unspecified atom stereocenters. The van der Waals surface area contributed by atoms with Gasteiger partial charge in [-0.3, -0.25) is 9.98 Å². The highest BCUT2D eigenvalue weighted by Gasteiger charge is 2.15. The van der Waals surface area contributed by atoms with Crippen molar-refractivity contribution in [3.05, 3.63) is 54.9 Å². The molecule has 31 heavy (non-hydrogen) atoms. The van der Waals surface area contributed by atoms with Crippen molar-refractivity contribution in [3.63, 3.8) is 0 Å². The van der Waals surface area contributed by atoms with Gasteiger partial charge in [-0.15, -0.1) is 0 Å². The van der Waals surface area contributed by atoms with E-state index >= 15 is 0 Å². The van der Waals surface area contributed by atoms with Gasteiger partial charge < -0.3 is 10.1 Å². The highest BCUT2D eigenvalue weighted by molar-refractivity contribution is 5.96. The molecule has 0 radical (unpaired) electrons. The quantitative estimate of drug-likeness (QED) is 0.475. The molecule has 0 saturated heterocycles. The Kier molecular flexibility index (Phi) is 6.95. The van der Waals surface area contributed by atoms with Crippen LogP contribution in [0.4, 0.5) is 10.2 Å². The minimum atomic E-state index is -0.386. The molecule has 0 fully saturated rings. The van der Waals surface area contributed by atoms with Crippen LogP contribution in [-0.2, 0) is 0 Å². The number of nitrogens with zero attached hydrogens (tertiary/aromatic N) is 4. The summed E-state index contributed by atoms with van der Waals surface area (Å²) in [5.74, 6) is 1.24. The monoisotopic (exact) mass is 421 g/mol. The van der Waals surface area contributed by atoms with Crippen molar-refractivity contribution in [2.45, 2.75) is 40.2 Å². The molecule has 162 valence electrons. The highest BCUT2D eigenvalue weighted by Crippen LogP contribution is 2.33. The fraction of sp³-hybridized carbons (Fsp3) is 0.333. The molecule has 0 aliphatic carbocycles. The van der Waals surface area contributed by atoms with Crippen LogP contribution in [0.25, 0.3) is 22.2 Å². The lowest BCUT2D eigenvalue weighted by atomic mass is 10.0. The zero-order valence-corrected chi connectivity index (χ0v) is 18.6. The molecule has 2 heterocycles. The molecule has 2 aromatic heterocycles. The molecule has 1 aromatic carbocycles. The van der Waals surface area contributed by atoms with Gasteiger partial charge in [0.05, 0.1) is 30.7 Å². The van der Waals surface area contributed by atoms with Crippen molar-refractivity contribution in [1.29, 1.82) is 0 Å². The number of hydrogen-bond donors (Lipinski definition) is 1. The van der Waals surface area contributed by atoms with Crippen LogP contribution in [0, 0.1) is 11.7 Å². The molecule has 0 spiro atoms. The van der Waals surface area contributed by atoms with Gasteiger partial charge in [-0.2, -0.15) is 0 Å². The van der Waals surface area contributed by atoms with E-state index in [-0.39, 0.29) is 11.9 Å². The van der Waals surface area contributed by atoms with E-state index in [9.17, 15) is 4.39 Å². The number of benzene rings is 1. The van der Waals surface area contributed by atoms with E-state index in [0.29, 0.717) is 28.7 Å². The second kappa shape index (κ2) is 9.64. The topological polar surface area (TPSA) is 72.3 Å². The maximum Gasteiger partial charge on any atom is 0.145 e. The summed E-state index contributed by atoms with van der Waals surface area (Å²) in [7, 11) is 1.59. The number of pyridine rings is 1. The summed E-state index contributed by atoms with van der Waals surface area (Å²) in [6.45, 7) is 12.4. The summed E-state index contributed by atoms with van der Waals surface area (Å²) in [5, 5.41) is 4.16. The van der Waals surface area contributed by atoms with Crippen LogP contribution in [0.5, 0.6) is 5.75 Å². The van der Waals surface area contributed by atoms with Gasteiger partial charge in [0.1, 0.15) is 29.2 Å². The van der Waals surface area contributed by atoms with Crippen LogP contribution >= 0.6 is 0 Å². The predicted octanol–water partition coefficient (Wildman–Crippen LogP) is 5.66. The largest absolute Gasteiger partial charge is 0.494 e. The van der Waals surface area contributed by atoms with Crippen LogP contribution in [0.2, 0.25) is 0 Å². The zero-order chi connectivity index (χ0) is 22.5. The fourth-order valence-corrected chi connectivity index (χ4v) is 3.12. The van der Waals surface area contributed by atoms with Gasteiger partial charge in [-0.25, -0.2) is 14.4 Å². The van der Waals surface area contributed by atoms with E-state index in [4.69, 9.17) is 4.74 Å². The van der Waals surface area contributed by atoms with Crippen molar-refractivity contribution in [3.8, 4) is 17.0 Å². The van der Waals surface area contributed by atoms with E-state index in [2.05, 4.69) is 45.7 Å². The molecule has 0 aliphatic heterocycles. The fourth-order valence-electron chi connectivity index (χ4n) is 3.12. The van der Waals surface area contributed by atoms with Gasteiger partial charge in [-0.05, 0) is 50.5 Å². The van der Waals surface area contributed by atoms with E-state index in [0.717, 1.165) is 28.8 Å². The molecule has 6 nitrogen and oxygen atoms in total. The lowest BCUT2D eigenvalue weighted by molar-refractivity contribution is 0.419. The molecule has 0 bridgehead atoms. The summed E-state index contributed by atoms with van der Waals surface area (Å²) >= 11 is 0. The third kappa shape index (κ3) is 5.05. The normalized spacial score (nSPS) is 13.7. The first-order valence-corrected chi connectivity index (χ1v) is 10.3. The summed E-state index contributed by atoms with van der Waals surface area (Å²) in [4.78, 5) is 17.7. The van der Waals surface area contributed by atoms with Gasteiger partial charge in [0.25, 0.3) is 0 Å². The molecule has 0 aliphatic rings. The lowest BCUT2D eigenvalue weighted by Crippen LogP contribution is -2.19. The number of nitrogens with one attached hydrogen (secondary N) is 1. The third-order valence-electron chi connectivity index (χ3n) is 5.45. The van der Waals surface area contributed by atoms with Gasteiger partial charge in [0.2, 0.25) is 0 Å². The Morgan fingerprint density at radius 3 is 2.65 bits per heavy atom. The van der Waals surface area contributed by atoms with Gasteiger partial charge in [0.15, 0.2) is 0 Å². The number of hydrogen-bond acceptors (Lipinski definition) is 6. The van der Waals surface area contributed by atoms with Crippen LogP contribution in [0.1, 0.15) is 34.1 Å². The van der Waals surface area contributed by atoms with Crippen molar-refractivity contribution >= 4 is 22.4 Å². The number of fused-ring (bicyclic) bond motifs is 1. The number of anilines is 1. The zero-order valence-electron chi connectivity index (χ0n) is 18.6. The van der Waals surface area contributed by atoms with Crippen LogP contribution in [0.3, 0.4) is 0 Å². The molecule has 1 N–H and O–H groups in total. The van der Waals surface area contributed by atoms with Crippen LogP contribution in [-0.4, -0.2) is 33.8 Å². The second-order valence-corrected chi connectivity index (χ2v) is 7.58.